The molecule has 3 rings (SSSR count). The number of hydrogen-bond acceptors (Lipinski definition) is 5. The molecule has 1 saturated heterocycles. The van der Waals surface area contributed by atoms with Crippen molar-refractivity contribution in [3.63, 3.8) is 0 Å². The summed E-state index contributed by atoms with van der Waals surface area (Å²) in [4.78, 5) is 9.18. The number of aromatic hydroxyl groups is 1. The zero-order valence-corrected chi connectivity index (χ0v) is 14.3. The van der Waals surface area contributed by atoms with Gasteiger partial charge in [-0.25, -0.2) is 0 Å². The summed E-state index contributed by atoms with van der Waals surface area (Å²) in [5.41, 5.74) is 9.70. The molecular weight excluding hydrogens is 300 g/mol. The van der Waals surface area contributed by atoms with E-state index < -0.39 is 0 Å². The third-order valence-electron chi connectivity index (χ3n) is 4.74. The average molecular weight is 326 g/mol. The van der Waals surface area contributed by atoms with Gasteiger partial charge in [-0.2, -0.15) is 0 Å². The number of benzene rings is 1. The molecule has 0 unspecified atom stereocenters. The second-order valence-electron chi connectivity index (χ2n) is 6.44. The van der Waals surface area contributed by atoms with Crippen molar-refractivity contribution in [1.29, 1.82) is 0 Å². The topological polar surface area (TPSA) is 65.6 Å². The van der Waals surface area contributed by atoms with Gasteiger partial charge < -0.3 is 10.8 Å². The van der Waals surface area contributed by atoms with E-state index >= 15 is 0 Å². The van der Waals surface area contributed by atoms with Crippen LogP contribution in [0.5, 0.6) is 5.75 Å². The summed E-state index contributed by atoms with van der Waals surface area (Å²) in [6.45, 7) is 8.11. The smallest absolute Gasteiger partial charge is 0.141 e. The number of piperazine rings is 1. The molecule has 128 valence electrons. The first-order valence-corrected chi connectivity index (χ1v) is 8.52. The molecule has 1 aromatic heterocycles. The van der Waals surface area contributed by atoms with Crippen LogP contribution in [0.3, 0.4) is 0 Å². The number of rotatable bonds is 5. The summed E-state index contributed by atoms with van der Waals surface area (Å²) in [7, 11) is 0. The van der Waals surface area contributed by atoms with Crippen molar-refractivity contribution in [3.8, 4) is 5.75 Å². The second kappa shape index (κ2) is 7.75. The van der Waals surface area contributed by atoms with Crippen molar-refractivity contribution in [3.05, 3.63) is 58.9 Å². The second-order valence-corrected chi connectivity index (χ2v) is 6.44. The van der Waals surface area contributed by atoms with E-state index in [1.54, 1.807) is 6.92 Å². The van der Waals surface area contributed by atoms with Crippen LogP contribution in [-0.2, 0) is 19.6 Å². The van der Waals surface area contributed by atoms with Gasteiger partial charge in [-0.1, -0.05) is 30.3 Å². The normalized spacial score (nSPS) is 16.4. The zero-order chi connectivity index (χ0) is 16.9. The van der Waals surface area contributed by atoms with E-state index in [1.165, 1.54) is 5.56 Å². The predicted molar refractivity (Wildman–Crippen MR) is 95.5 cm³/mol. The highest BCUT2D eigenvalue weighted by Crippen LogP contribution is 2.24. The quantitative estimate of drug-likeness (QED) is 0.878. The Labute approximate surface area is 143 Å². The van der Waals surface area contributed by atoms with Crippen LogP contribution in [0.4, 0.5) is 0 Å². The van der Waals surface area contributed by atoms with Crippen LogP contribution >= 0.6 is 0 Å². The van der Waals surface area contributed by atoms with E-state index in [0.717, 1.165) is 50.4 Å². The van der Waals surface area contributed by atoms with Crippen LogP contribution < -0.4 is 5.73 Å². The van der Waals surface area contributed by atoms with Crippen LogP contribution in [0.2, 0.25) is 0 Å². The Morgan fingerprint density at radius 1 is 1.04 bits per heavy atom. The monoisotopic (exact) mass is 326 g/mol. The molecule has 0 amide bonds. The molecule has 0 atom stereocenters. The maximum atomic E-state index is 10.1. The molecule has 0 bridgehead atoms. The molecular formula is C19H26N4O. The fourth-order valence-electron chi connectivity index (χ4n) is 3.24. The largest absolute Gasteiger partial charge is 0.506 e. The summed E-state index contributed by atoms with van der Waals surface area (Å²) in [5, 5.41) is 10.1. The fourth-order valence-corrected chi connectivity index (χ4v) is 3.24. The lowest BCUT2D eigenvalue weighted by atomic mass is 10.1. The van der Waals surface area contributed by atoms with Crippen LogP contribution in [-0.4, -0.2) is 46.1 Å². The van der Waals surface area contributed by atoms with Gasteiger partial charge in [0, 0.05) is 57.6 Å². The Bertz CT molecular complexity index is 667. The number of nitrogens with two attached hydrogens (primary N) is 1. The third-order valence-corrected chi connectivity index (χ3v) is 4.74. The van der Waals surface area contributed by atoms with Gasteiger partial charge in [0.1, 0.15) is 5.75 Å². The number of aryl methyl sites for hydroxylation is 1. The molecule has 5 heteroatoms. The molecule has 1 fully saturated rings. The molecule has 5 nitrogen and oxygen atoms in total. The van der Waals surface area contributed by atoms with E-state index in [0.29, 0.717) is 12.2 Å². The van der Waals surface area contributed by atoms with Crippen molar-refractivity contribution < 1.29 is 5.11 Å². The lowest BCUT2D eigenvalue weighted by Crippen LogP contribution is -2.45. The van der Waals surface area contributed by atoms with Gasteiger partial charge in [0.15, 0.2) is 0 Å². The average Bonchev–Trinajstić information content (AvgIpc) is 2.61. The van der Waals surface area contributed by atoms with Crippen LogP contribution in [0.15, 0.2) is 36.5 Å². The van der Waals surface area contributed by atoms with E-state index in [4.69, 9.17) is 5.73 Å². The Morgan fingerprint density at radius 3 is 2.29 bits per heavy atom. The Hall–Kier alpha value is -1.95. The Balaban J connectivity index is 1.57. The van der Waals surface area contributed by atoms with Crippen LogP contribution in [0.25, 0.3) is 0 Å². The summed E-state index contributed by atoms with van der Waals surface area (Å²) < 4.78 is 0. The van der Waals surface area contributed by atoms with Gasteiger partial charge in [-0.05, 0) is 18.1 Å². The minimum atomic E-state index is 0.248. The molecule has 0 saturated carbocycles. The molecule has 1 aromatic carbocycles. The van der Waals surface area contributed by atoms with Gasteiger partial charge >= 0.3 is 0 Å². The lowest BCUT2D eigenvalue weighted by Gasteiger charge is -2.35. The summed E-state index contributed by atoms with van der Waals surface area (Å²) in [6, 6.07) is 10.6. The van der Waals surface area contributed by atoms with Gasteiger partial charge in [0.25, 0.3) is 0 Å². The minimum absolute atomic E-state index is 0.248. The Morgan fingerprint density at radius 2 is 1.67 bits per heavy atom. The van der Waals surface area contributed by atoms with Crippen molar-refractivity contribution >= 4 is 0 Å². The van der Waals surface area contributed by atoms with E-state index in [2.05, 4.69) is 45.1 Å². The van der Waals surface area contributed by atoms with E-state index in [9.17, 15) is 5.11 Å². The maximum Gasteiger partial charge on any atom is 0.141 e. The minimum Gasteiger partial charge on any atom is -0.506 e. The molecule has 0 spiro atoms. The highest BCUT2D eigenvalue weighted by molar-refractivity contribution is 5.40. The van der Waals surface area contributed by atoms with Crippen molar-refractivity contribution in [2.75, 3.05) is 26.2 Å². The molecule has 0 aliphatic carbocycles. The summed E-state index contributed by atoms with van der Waals surface area (Å²) >= 11 is 0. The van der Waals surface area contributed by atoms with Gasteiger partial charge in [-0.15, -0.1) is 0 Å². The number of aromatic nitrogens is 1. The number of pyridine rings is 1. The van der Waals surface area contributed by atoms with E-state index in [-0.39, 0.29) is 5.75 Å². The standard InChI is InChI=1S/C19H26N4O/c1-15-19(24)18(11-20)17(12-21-15)14-23-9-7-22(8-10-23)13-16-5-3-2-4-6-16/h2-6,12,24H,7-11,13-14,20H2,1H3. The molecule has 2 heterocycles. The molecule has 3 N–H and O–H groups in total. The lowest BCUT2D eigenvalue weighted by molar-refractivity contribution is 0.121. The zero-order valence-electron chi connectivity index (χ0n) is 14.3. The van der Waals surface area contributed by atoms with Gasteiger partial charge in [-0.3, -0.25) is 14.8 Å². The summed E-state index contributed by atoms with van der Waals surface area (Å²) in [5.74, 6) is 0.248. The molecule has 2 aromatic rings. The molecule has 1 aliphatic rings. The number of hydrogen-bond donors (Lipinski definition) is 2. The third kappa shape index (κ3) is 3.93. The van der Waals surface area contributed by atoms with Crippen molar-refractivity contribution in [2.24, 2.45) is 5.73 Å². The molecule has 0 radical (unpaired) electrons. The fraction of sp³-hybridized carbons (Fsp3) is 0.421. The van der Waals surface area contributed by atoms with Gasteiger partial charge in [0.05, 0.1) is 5.69 Å². The van der Waals surface area contributed by atoms with Crippen molar-refractivity contribution in [1.82, 2.24) is 14.8 Å². The molecule has 24 heavy (non-hydrogen) atoms. The summed E-state index contributed by atoms with van der Waals surface area (Å²) in [6.07, 6.45) is 1.85. The SMILES string of the molecule is Cc1ncc(CN2CCN(Cc3ccccc3)CC2)c(CN)c1O. The highest BCUT2D eigenvalue weighted by atomic mass is 16.3. The first-order valence-electron chi connectivity index (χ1n) is 8.52. The van der Waals surface area contributed by atoms with Crippen molar-refractivity contribution in [2.45, 2.75) is 26.6 Å². The first kappa shape index (κ1) is 16.9. The molecule has 1 aliphatic heterocycles. The maximum absolute atomic E-state index is 10.1. The van der Waals surface area contributed by atoms with Crippen LogP contribution in [0.1, 0.15) is 22.4 Å². The van der Waals surface area contributed by atoms with Crippen LogP contribution in [0, 0.1) is 6.92 Å². The Kier molecular flexibility index (Phi) is 5.45. The highest BCUT2D eigenvalue weighted by Gasteiger charge is 2.19. The number of nitrogens with zero attached hydrogens (tertiary/aromatic N) is 3. The first-order chi connectivity index (χ1) is 11.7. The van der Waals surface area contributed by atoms with Gasteiger partial charge in [0.2, 0.25) is 0 Å². The van der Waals surface area contributed by atoms with E-state index in [1.807, 2.05) is 6.20 Å². The predicted octanol–water partition coefficient (Wildman–Crippen LogP) is 1.87.